The molecule has 1 aromatic carbocycles. The zero-order valence-corrected chi connectivity index (χ0v) is 12.6. The van der Waals surface area contributed by atoms with Gasteiger partial charge in [0, 0.05) is 5.56 Å². The first-order valence-corrected chi connectivity index (χ1v) is 7.42. The number of benzene rings is 1. The van der Waals surface area contributed by atoms with Gasteiger partial charge >= 0.3 is 6.18 Å². The van der Waals surface area contributed by atoms with Crippen LogP contribution in [0.2, 0.25) is 0 Å². The molecule has 0 amide bonds. The van der Waals surface area contributed by atoms with Gasteiger partial charge in [-0.25, -0.2) is 4.98 Å². The van der Waals surface area contributed by atoms with Gasteiger partial charge in [0.25, 0.3) is 5.56 Å². The number of thioether (sulfide) groups is 1. The molecule has 0 radical (unpaired) electrons. The van der Waals surface area contributed by atoms with E-state index in [0.29, 0.717) is 0 Å². The summed E-state index contributed by atoms with van der Waals surface area (Å²) in [7, 11) is 0. The molecule has 0 saturated heterocycles. The van der Waals surface area contributed by atoms with Gasteiger partial charge in [-0.1, -0.05) is 23.9 Å². The molecule has 10 heteroatoms. The van der Waals surface area contributed by atoms with Gasteiger partial charge < -0.3 is 15.2 Å². The Hall–Kier alpha value is -2.35. The molecular formula is C14H10F3N3O3S. The zero-order valence-electron chi connectivity index (χ0n) is 11.8. The van der Waals surface area contributed by atoms with Gasteiger partial charge in [0.15, 0.2) is 11.4 Å². The van der Waals surface area contributed by atoms with Crippen LogP contribution in [-0.4, -0.2) is 32.2 Å². The Morgan fingerprint density at radius 2 is 1.92 bits per heavy atom. The second-order valence-corrected chi connectivity index (χ2v) is 5.58. The van der Waals surface area contributed by atoms with Gasteiger partial charge in [0.1, 0.15) is 11.6 Å². The van der Waals surface area contributed by atoms with Gasteiger partial charge in [-0.15, -0.1) is 0 Å². The van der Waals surface area contributed by atoms with Crippen molar-refractivity contribution in [3.05, 3.63) is 45.7 Å². The summed E-state index contributed by atoms with van der Waals surface area (Å²) in [6.07, 6.45) is -6.14. The van der Waals surface area contributed by atoms with Crippen molar-refractivity contribution in [1.29, 1.82) is 5.26 Å². The fourth-order valence-corrected chi connectivity index (χ4v) is 2.43. The number of halogens is 3. The van der Waals surface area contributed by atoms with Crippen molar-refractivity contribution in [1.82, 2.24) is 9.97 Å². The highest BCUT2D eigenvalue weighted by Crippen LogP contribution is 2.31. The molecule has 0 aliphatic carbocycles. The summed E-state index contributed by atoms with van der Waals surface area (Å²) >= 11 is 0.822. The van der Waals surface area contributed by atoms with Gasteiger partial charge in [-0.2, -0.15) is 18.4 Å². The van der Waals surface area contributed by atoms with Crippen molar-refractivity contribution in [3.63, 3.8) is 0 Å². The zero-order chi connectivity index (χ0) is 17.9. The van der Waals surface area contributed by atoms with Crippen molar-refractivity contribution in [2.45, 2.75) is 17.6 Å². The number of aromatic amines is 1. The number of aromatic nitrogens is 2. The van der Waals surface area contributed by atoms with Gasteiger partial charge in [0.2, 0.25) is 0 Å². The van der Waals surface area contributed by atoms with Crippen LogP contribution in [0.15, 0.2) is 34.2 Å². The van der Waals surface area contributed by atoms with Gasteiger partial charge in [0.05, 0.1) is 17.0 Å². The average molecular weight is 357 g/mol. The van der Waals surface area contributed by atoms with Crippen molar-refractivity contribution in [3.8, 4) is 17.3 Å². The van der Waals surface area contributed by atoms with Gasteiger partial charge in [-0.05, 0) is 12.1 Å². The Labute approximate surface area is 137 Å². The number of hydrogen-bond acceptors (Lipinski definition) is 6. The van der Waals surface area contributed by atoms with E-state index >= 15 is 0 Å². The van der Waals surface area contributed by atoms with Crippen molar-refractivity contribution < 1.29 is 23.4 Å². The lowest BCUT2D eigenvalue weighted by Gasteiger charge is -2.09. The van der Waals surface area contributed by atoms with Crippen molar-refractivity contribution >= 4 is 11.8 Å². The summed E-state index contributed by atoms with van der Waals surface area (Å²) in [6, 6.07) is 5.53. The second kappa shape index (κ2) is 7.04. The highest BCUT2D eigenvalue weighted by Gasteiger charge is 2.30. The highest BCUT2D eigenvalue weighted by molar-refractivity contribution is 7.99. The Morgan fingerprint density at radius 1 is 1.29 bits per heavy atom. The van der Waals surface area contributed by atoms with Crippen LogP contribution >= 0.6 is 11.8 Å². The topological polar surface area (TPSA) is 110 Å². The molecule has 0 bridgehead atoms. The Morgan fingerprint density at radius 3 is 2.42 bits per heavy atom. The van der Waals surface area contributed by atoms with E-state index in [1.54, 1.807) is 6.07 Å². The number of rotatable bonds is 4. The smallest absolute Gasteiger partial charge is 0.367 e. The number of H-pyrrole nitrogens is 1. The molecule has 6 nitrogen and oxygen atoms in total. The van der Waals surface area contributed by atoms with Crippen molar-refractivity contribution in [2.24, 2.45) is 0 Å². The largest absolute Gasteiger partial charge is 0.416 e. The van der Waals surface area contributed by atoms with E-state index < -0.39 is 23.6 Å². The van der Waals surface area contributed by atoms with E-state index in [0.717, 1.165) is 36.0 Å². The highest BCUT2D eigenvalue weighted by atomic mass is 32.2. The molecule has 2 rings (SSSR count). The summed E-state index contributed by atoms with van der Waals surface area (Å²) in [5.41, 5.74) is -1.89. The lowest BCUT2D eigenvalue weighted by molar-refractivity contribution is -0.137. The maximum Gasteiger partial charge on any atom is 0.416 e. The monoisotopic (exact) mass is 357 g/mol. The van der Waals surface area contributed by atoms with Crippen LogP contribution < -0.4 is 5.56 Å². The molecule has 0 aliphatic heterocycles. The molecular weight excluding hydrogens is 347 g/mol. The Balaban J connectivity index is 2.48. The molecule has 0 saturated carbocycles. The van der Waals surface area contributed by atoms with E-state index in [1.807, 2.05) is 0 Å². The molecule has 0 spiro atoms. The fraction of sp³-hybridized carbons (Fsp3) is 0.214. The number of nitrogens with zero attached hydrogens (tertiary/aromatic N) is 2. The Kier molecular flexibility index (Phi) is 5.28. The molecule has 0 unspecified atom stereocenters. The molecule has 0 atom stereocenters. The maximum atomic E-state index is 12.6. The number of aliphatic hydroxyl groups excluding tert-OH is 1. The number of alkyl halides is 3. The normalized spacial score (nSPS) is 11.5. The van der Waals surface area contributed by atoms with Crippen LogP contribution in [0.3, 0.4) is 0 Å². The average Bonchev–Trinajstić information content (AvgIpc) is 2.51. The van der Waals surface area contributed by atoms with E-state index in [-0.39, 0.29) is 27.7 Å². The molecule has 0 fully saturated rings. The number of aliphatic hydroxyl groups is 2. The third-order valence-electron chi connectivity index (χ3n) is 2.86. The quantitative estimate of drug-likeness (QED) is 0.437. The minimum atomic E-state index is -4.50. The summed E-state index contributed by atoms with van der Waals surface area (Å²) in [4.78, 5) is 18.2. The standard InChI is InChI=1S/C14H10F3N3O3S/c15-14(16,17)8-3-1-7(2-4-8)11-9(5-18)12(23)20-13(19-11)24-6-10(21)22/h1-4,10,21-22H,6H2,(H,19,20,23). The van der Waals surface area contributed by atoms with Crippen LogP contribution in [0.4, 0.5) is 13.2 Å². The minimum absolute atomic E-state index is 0.0157. The summed E-state index contributed by atoms with van der Waals surface area (Å²) in [5.74, 6) is -0.179. The SMILES string of the molecule is N#Cc1c(-c2ccc(C(F)(F)F)cc2)nc(SCC(O)O)[nH]c1=O. The minimum Gasteiger partial charge on any atom is -0.367 e. The lowest BCUT2D eigenvalue weighted by Crippen LogP contribution is -2.16. The summed E-state index contributed by atoms with van der Waals surface area (Å²) < 4.78 is 37.8. The summed E-state index contributed by atoms with van der Waals surface area (Å²) in [5, 5.41) is 26.8. The number of nitriles is 1. The van der Waals surface area contributed by atoms with E-state index in [9.17, 15) is 18.0 Å². The molecule has 1 aromatic heterocycles. The Bertz CT molecular complexity index is 826. The molecule has 2 aromatic rings. The second-order valence-electron chi connectivity index (χ2n) is 4.57. The van der Waals surface area contributed by atoms with Crippen LogP contribution in [-0.2, 0) is 6.18 Å². The number of nitrogens with one attached hydrogen (secondary N) is 1. The third-order valence-corrected chi connectivity index (χ3v) is 3.80. The lowest BCUT2D eigenvalue weighted by atomic mass is 10.1. The predicted molar refractivity (Wildman–Crippen MR) is 79.0 cm³/mol. The third kappa shape index (κ3) is 4.14. The maximum absolute atomic E-state index is 12.6. The van der Waals surface area contributed by atoms with Crippen molar-refractivity contribution in [2.75, 3.05) is 5.75 Å². The first kappa shape index (κ1) is 18.0. The molecule has 0 aliphatic rings. The molecule has 3 N–H and O–H groups in total. The van der Waals surface area contributed by atoms with Crippen LogP contribution in [0.25, 0.3) is 11.3 Å². The van der Waals surface area contributed by atoms with E-state index in [1.165, 1.54) is 0 Å². The van der Waals surface area contributed by atoms with Gasteiger partial charge in [-0.3, -0.25) is 4.79 Å². The fourth-order valence-electron chi connectivity index (χ4n) is 1.80. The van der Waals surface area contributed by atoms with Crippen LogP contribution in [0.5, 0.6) is 0 Å². The molecule has 24 heavy (non-hydrogen) atoms. The first-order valence-electron chi connectivity index (χ1n) is 6.43. The molecule has 126 valence electrons. The summed E-state index contributed by atoms with van der Waals surface area (Å²) in [6.45, 7) is 0. The van der Waals surface area contributed by atoms with E-state index in [4.69, 9.17) is 15.5 Å². The first-order chi connectivity index (χ1) is 11.2. The van der Waals surface area contributed by atoms with Crippen LogP contribution in [0, 0.1) is 11.3 Å². The predicted octanol–water partition coefficient (Wildman–Crippen LogP) is 1.73. The molecule has 1 heterocycles. The van der Waals surface area contributed by atoms with Crippen LogP contribution in [0.1, 0.15) is 11.1 Å². The van der Waals surface area contributed by atoms with E-state index in [2.05, 4.69) is 9.97 Å². The number of hydrogen-bond donors (Lipinski definition) is 3.